The Hall–Kier alpha value is -1.78. The van der Waals surface area contributed by atoms with Crippen LogP contribution in [0.1, 0.15) is 0 Å². The molecule has 2 aromatic rings. The van der Waals surface area contributed by atoms with Crippen molar-refractivity contribution in [1.29, 1.82) is 0 Å². The van der Waals surface area contributed by atoms with Gasteiger partial charge < -0.3 is 10.3 Å². The molecule has 0 fully saturated rings. The number of hydrogen-bond acceptors (Lipinski definition) is 3. The third-order valence-corrected chi connectivity index (χ3v) is 1.38. The fraction of sp³-hybridized carbons (Fsp3) is 0. The largest absolute Gasteiger partial charge is 0.382 e. The van der Waals surface area contributed by atoms with Gasteiger partial charge in [-0.15, -0.1) is 0 Å². The van der Waals surface area contributed by atoms with E-state index in [9.17, 15) is 0 Å². The first-order chi connectivity index (χ1) is 5.36. The lowest BCUT2D eigenvalue weighted by atomic mass is 10.5. The van der Waals surface area contributed by atoms with Gasteiger partial charge in [0.25, 0.3) is 0 Å². The lowest BCUT2D eigenvalue weighted by Crippen LogP contribution is -1.86. The van der Waals surface area contributed by atoms with Crippen molar-refractivity contribution in [2.75, 3.05) is 5.73 Å². The maximum Gasteiger partial charge on any atom is 0.141 e. The fourth-order valence-corrected chi connectivity index (χ4v) is 0.865. The molecule has 5 heteroatoms. The van der Waals surface area contributed by atoms with Crippen LogP contribution in [-0.4, -0.2) is 19.7 Å². The second-order valence-electron chi connectivity index (χ2n) is 2.16. The topological polar surface area (TPSA) is 72.5 Å². The lowest BCUT2D eigenvalue weighted by Gasteiger charge is -1.91. The number of hydrogen-bond donors (Lipinski definition) is 2. The van der Waals surface area contributed by atoms with Crippen molar-refractivity contribution in [2.45, 2.75) is 0 Å². The Kier molecular flexibility index (Phi) is 1.15. The first-order valence-corrected chi connectivity index (χ1v) is 3.15. The van der Waals surface area contributed by atoms with Gasteiger partial charge >= 0.3 is 0 Å². The van der Waals surface area contributed by atoms with E-state index in [0.717, 1.165) is 5.69 Å². The van der Waals surface area contributed by atoms with Crippen molar-refractivity contribution < 1.29 is 0 Å². The van der Waals surface area contributed by atoms with Gasteiger partial charge in [0.1, 0.15) is 12.1 Å². The lowest BCUT2D eigenvalue weighted by molar-refractivity contribution is 1.06. The predicted octanol–water partition coefficient (Wildman–Crippen LogP) is 0.178. The molecule has 0 aliphatic rings. The molecule has 56 valence electrons. The van der Waals surface area contributed by atoms with Crippen LogP contribution < -0.4 is 5.73 Å². The van der Waals surface area contributed by atoms with Crippen LogP contribution in [0.5, 0.6) is 0 Å². The molecule has 0 radical (unpaired) electrons. The van der Waals surface area contributed by atoms with Gasteiger partial charge in [-0.2, -0.15) is 5.10 Å². The molecule has 0 unspecified atom stereocenters. The van der Waals surface area contributed by atoms with Crippen LogP contribution in [0.3, 0.4) is 0 Å². The Labute approximate surface area is 62.9 Å². The van der Waals surface area contributed by atoms with Crippen molar-refractivity contribution in [3.05, 3.63) is 24.9 Å². The Morgan fingerprint density at radius 1 is 1.55 bits per heavy atom. The van der Waals surface area contributed by atoms with Crippen molar-refractivity contribution in [3.8, 4) is 5.69 Å². The van der Waals surface area contributed by atoms with Gasteiger partial charge in [0.2, 0.25) is 0 Å². The quantitative estimate of drug-likeness (QED) is 0.607. The molecule has 5 nitrogen and oxygen atoms in total. The molecule has 0 aliphatic carbocycles. The van der Waals surface area contributed by atoms with Crippen molar-refractivity contribution in [3.63, 3.8) is 0 Å². The van der Waals surface area contributed by atoms with E-state index in [1.54, 1.807) is 29.5 Å². The molecular weight excluding hydrogens is 142 g/mol. The molecule has 3 N–H and O–H groups in total. The molecule has 11 heavy (non-hydrogen) atoms. The molecule has 2 rings (SSSR count). The summed E-state index contributed by atoms with van der Waals surface area (Å²) < 4.78 is 1.79. The Bertz CT molecular complexity index is 333. The molecule has 0 spiro atoms. The van der Waals surface area contributed by atoms with E-state index >= 15 is 0 Å². The monoisotopic (exact) mass is 149 g/mol. The van der Waals surface area contributed by atoms with E-state index in [0.29, 0.717) is 5.82 Å². The number of aromatic nitrogens is 4. The van der Waals surface area contributed by atoms with Gasteiger partial charge in [-0.1, -0.05) is 0 Å². The van der Waals surface area contributed by atoms with Gasteiger partial charge in [0.05, 0.1) is 18.1 Å². The summed E-state index contributed by atoms with van der Waals surface area (Å²) in [5, 5.41) is 6.49. The zero-order valence-electron chi connectivity index (χ0n) is 5.73. The van der Waals surface area contributed by atoms with E-state index in [1.165, 1.54) is 0 Å². The molecule has 0 aliphatic heterocycles. The Balaban J connectivity index is 2.45. The number of H-pyrrole nitrogens is 1. The molecule has 0 saturated carbocycles. The van der Waals surface area contributed by atoms with E-state index in [1.807, 2.05) is 0 Å². The average molecular weight is 149 g/mol. The molecule has 0 saturated heterocycles. The van der Waals surface area contributed by atoms with E-state index < -0.39 is 0 Å². The maximum atomic E-state index is 5.42. The highest BCUT2D eigenvalue weighted by molar-refractivity contribution is 5.32. The third-order valence-electron chi connectivity index (χ3n) is 1.38. The van der Waals surface area contributed by atoms with Crippen LogP contribution >= 0.6 is 0 Å². The Morgan fingerprint density at radius 3 is 3.00 bits per heavy atom. The molecule has 0 amide bonds. The number of anilines is 1. The maximum absolute atomic E-state index is 5.42. The highest BCUT2D eigenvalue weighted by Crippen LogP contribution is 2.05. The van der Waals surface area contributed by atoms with Crippen LogP contribution in [0.2, 0.25) is 0 Å². The van der Waals surface area contributed by atoms with Gasteiger partial charge in [-0.3, -0.25) is 5.10 Å². The first-order valence-electron chi connectivity index (χ1n) is 3.15. The highest BCUT2D eigenvalue weighted by Gasteiger charge is 1.96. The van der Waals surface area contributed by atoms with E-state index in [2.05, 4.69) is 15.2 Å². The summed E-state index contributed by atoms with van der Waals surface area (Å²) >= 11 is 0. The zero-order chi connectivity index (χ0) is 7.68. The minimum atomic E-state index is 0.506. The zero-order valence-corrected chi connectivity index (χ0v) is 5.73. The normalized spacial score (nSPS) is 10.2. The second-order valence-corrected chi connectivity index (χ2v) is 2.16. The molecule has 2 aromatic heterocycles. The van der Waals surface area contributed by atoms with Crippen molar-refractivity contribution in [2.24, 2.45) is 0 Å². The van der Waals surface area contributed by atoms with Crippen molar-refractivity contribution >= 4 is 5.82 Å². The molecule has 0 aromatic carbocycles. The molecular formula is C6H7N5. The number of nitrogens with two attached hydrogens (primary N) is 1. The summed E-state index contributed by atoms with van der Waals surface area (Å²) in [4.78, 5) is 3.87. The number of nitrogens with one attached hydrogen (secondary N) is 1. The predicted molar refractivity (Wildman–Crippen MR) is 40.1 cm³/mol. The minimum Gasteiger partial charge on any atom is -0.382 e. The highest BCUT2D eigenvalue weighted by atomic mass is 15.1. The third kappa shape index (κ3) is 0.958. The average Bonchev–Trinajstić information content (AvgIpc) is 2.55. The van der Waals surface area contributed by atoms with Gasteiger partial charge in [-0.05, 0) is 0 Å². The summed E-state index contributed by atoms with van der Waals surface area (Å²) in [6.45, 7) is 0. The van der Waals surface area contributed by atoms with E-state index in [4.69, 9.17) is 5.73 Å². The summed E-state index contributed by atoms with van der Waals surface area (Å²) in [5.41, 5.74) is 6.35. The van der Waals surface area contributed by atoms with Gasteiger partial charge in [-0.25, -0.2) is 4.98 Å². The minimum absolute atomic E-state index is 0.506. The van der Waals surface area contributed by atoms with Gasteiger partial charge in [0.15, 0.2) is 0 Å². The van der Waals surface area contributed by atoms with Gasteiger partial charge in [0, 0.05) is 6.20 Å². The number of nitrogens with zero attached hydrogens (tertiary/aromatic N) is 3. The fourth-order valence-electron chi connectivity index (χ4n) is 0.865. The van der Waals surface area contributed by atoms with Crippen LogP contribution in [-0.2, 0) is 0 Å². The summed E-state index contributed by atoms with van der Waals surface area (Å²) in [6.07, 6.45) is 6.83. The number of aromatic amines is 1. The van der Waals surface area contributed by atoms with E-state index in [-0.39, 0.29) is 0 Å². The summed E-state index contributed by atoms with van der Waals surface area (Å²) in [6, 6.07) is 0. The Morgan fingerprint density at radius 2 is 2.45 bits per heavy atom. The smallest absolute Gasteiger partial charge is 0.141 e. The first kappa shape index (κ1) is 5.96. The van der Waals surface area contributed by atoms with Crippen molar-refractivity contribution in [1.82, 2.24) is 19.7 Å². The van der Waals surface area contributed by atoms with Crippen LogP contribution in [0.15, 0.2) is 24.9 Å². The SMILES string of the molecule is Nc1cn(-c2cn[nH]c2)cn1. The molecule has 0 bridgehead atoms. The standard InChI is InChI=1S/C6H7N5/c7-6-3-11(4-8-6)5-1-9-10-2-5/h1-4H,7H2,(H,9,10). The van der Waals surface area contributed by atoms with Crippen LogP contribution in [0, 0.1) is 0 Å². The number of rotatable bonds is 1. The summed E-state index contributed by atoms with van der Waals surface area (Å²) in [7, 11) is 0. The molecule has 2 heterocycles. The van der Waals surface area contributed by atoms with Crippen LogP contribution in [0.4, 0.5) is 5.82 Å². The number of nitrogen functional groups attached to an aromatic ring is 1. The number of imidazole rings is 1. The molecule has 0 atom stereocenters. The van der Waals surface area contributed by atoms with Crippen LogP contribution in [0.25, 0.3) is 5.69 Å². The summed E-state index contributed by atoms with van der Waals surface area (Å²) in [5.74, 6) is 0.506. The second kappa shape index (κ2) is 2.12.